The van der Waals surface area contributed by atoms with Crippen molar-refractivity contribution in [1.82, 2.24) is 9.88 Å². The third kappa shape index (κ3) is 3.72. The van der Waals surface area contributed by atoms with Gasteiger partial charge in [0.2, 0.25) is 11.8 Å². The maximum absolute atomic E-state index is 12.5. The van der Waals surface area contributed by atoms with Gasteiger partial charge in [-0.05, 0) is 44.2 Å². The highest BCUT2D eigenvalue weighted by atomic mass is 16.5. The Morgan fingerprint density at radius 2 is 1.96 bits per heavy atom. The Kier molecular flexibility index (Phi) is 5.46. The Labute approximate surface area is 147 Å². The summed E-state index contributed by atoms with van der Waals surface area (Å²) in [7, 11) is 0. The quantitative estimate of drug-likeness (QED) is 0.449. The molecule has 2 aliphatic rings. The number of rotatable bonds is 6. The Morgan fingerprint density at radius 1 is 1.28 bits per heavy atom. The van der Waals surface area contributed by atoms with Crippen LogP contribution in [0.25, 0.3) is 0 Å². The van der Waals surface area contributed by atoms with Crippen molar-refractivity contribution in [2.75, 3.05) is 6.61 Å². The van der Waals surface area contributed by atoms with Crippen molar-refractivity contribution in [3.05, 3.63) is 30.1 Å². The van der Waals surface area contributed by atoms with E-state index in [1.165, 1.54) is 0 Å². The maximum Gasteiger partial charge on any atom is 0.329 e. The number of imide groups is 1. The summed E-state index contributed by atoms with van der Waals surface area (Å²) in [6.45, 7) is 1.84. The molecule has 0 aromatic carbocycles. The van der Waals surface area contributed by atoms with Crippen molar-refractivity contribution in [2.24, 2.45) is 11.8 Å². The number of carbonyl (C=O) groups is 3. The van der Waals surface area contributed by atoms with Gasteiger partial charge in [-0.3, -0.25) is 19.5 Å². The molecular formula is C19H24N2O4. The van der Waals surface area contributed by atoms with Gasteiger partial charge >= 0.3 is 5.97 Å². The molecule has 1 aromatic rings. The van der Waals surface area contributed by atoms with Gasteiger partial charge in [0.05, 0.1) is 18.4 Å². The van der Waals surface area contributed by atoms with E-state index in [9.17, 15) is 14.4 Å². The summed E-state index contributed by atoms with van der Waals surface area (Å²) in [5.41, 5.74) is 1.08. The van der Waals surface area contributed by atoms with Gasteiger partial charge in [-0.2, -0.15) is 0 Å². The zero-order valence-corrected chi connectivity index (χ0v) is 14.5. The van der Waals surface area contributed by atoms with Crippen LogP contribution in [0.2, 0.25) is 0 Å². The van der Waals surface area contributed by atoms with E-state index in [-0.39, 0.29) is 30.3 Å². The fraction of sp³-hybridized carbons (Fsp3) is 0.579. The topological polar surface area (TPSA) is 76.6 Å². The molecule has 0 radical (unpaired) electrons. The van der Waals surface area contributed by atoms with Crippen molar-refractivity contribution in [1.29, 1.82) is 0 Å². The van der Waals surface area contributed by atoms with Gasteiger partial charge in [0, 0.05) is 12.4 Å². The standard InChI is InChI=1S/C19H24N2O4/c1-13(19(24)25-11-5-7-14-6-4-10-20-12-14)21-17(22)15-8-2-3-9-16(15)18(21)23/h4,6,10,12-13,15-16H,2-3,5,7-9,11H2,1H3. The molecular weight excluding hydrogens is 320 g/mol. The van der Waals surface area contributed by atoms with Crippen LogP contribution in [0.3, 0.4) is 0 Å². The van der Waals surface area contributed by atoms with Crippen LogP contribution in [0.4, 0.5) is 0 Å². The van der Waals surface area contributed by atoms with Crippen molar-refractivity contribution in [3.8, 4) is 0 Å². The Morgan fingerprint density at radius 3 is 2.56 bits per heavy atom. The maximum atomic E-state index is 12.5. The summed E-state index contributed by atoms with van der Waals surface area (Å²) in [6.07, 6.45) is 8.39. The fourth-order valence-electron chi connectivity index (χ4n) is 3.79. The van der Waals surface area contributed by atoms with E-state index in [1.54, 1.807) is 19.3 Å². The molecule has 0 N–H and O–H groups in total. The van der Waals surface area contributed by atoms with Gasteiger partial charge < -0.3 is 4.74 Å². The van der Waals surface area contributed by atoms with Crippen LogP contribution in [0.1, 0.15) is 44.6 Å². The van der Waals surface area contributed by atoms with Crippen LogP contribution < -0.4 is 0 Å². The van der Waals surface area contributed by atoms with Gasteiger partial charge in [-0.25, -0.2) is 4.79 Å². The summed E-state index contributed by atoms with van der Waals surface area (Å²) in [6, 6.07) is 3.00. The summed E-state index contributed by atoms with van der Waals surface area (Å²) in [5, 5.41) is 0. The van der Waals surface area contributed by atoms with Gasteiger partial charge in [0.25, 0.3) is 0 Å². The van der Waals surface area contributed by atoms with Crippen LogP contribution in [0.5, 0.6) is 0 Å². The molecule has 3 rings (SSSR count). The van der Waals surface area contributed by atoms with Crippen LogP contribution in [-0.4, -0.2) is 40.3 Å². The second-order valence-corrected chi connectivity index (χ2v) is 6.85. The Hall–Kier alpha value is -2.24. The number of hydrogen-bond donors (Lipinski definition) is 0. The largest absolute Gasteiger partial charge is 0.464 e. The number of pyridine rings is 1. The molecule has 25 heavy (non-hydrogen) atoms. The number of likely N-dealkylation sites (tertiary alicyclic amines) is 1. The van der Waals surface area contributed by atoms with Crippen molar-refractivity contribution in [3.63, 3.8) is 0 Å². The highest BCUT2D eigenvalue weighted by molar-refractivity contribution is 6.07. The first-order valence-corrected chi connectivity index (χ1v) is 9.02. The third-order valence-electron chi connectivity index (χ3n) is 5.18. The molecule has 0 bridgehead atoms. The average Bonchev–Trinajstić information content (AvgIpc) is 2.90. The lowest BCUT2D eigenvalue weighted by Gasteiger charge is -2.21. The third-order valence-corrected chi connectivity index (χ3v) is 5.18. The van der Waals surface area contributed by atoms with Crippen LogP contribution in [0, 0.1) is 11.8 Å². The summed E-state index contributed by atoms with van der Waals surface area (Å²) < 4.78 is 5.28. The lowest BCUT2D eigenvalue weighted by molar-refractivity contribution is -0.158. The molecule has 6 heteroatoms. The predicted octanol–water partition coefficient (Wildman–Crippen LogP) is 2.12. The van der Waals surface area contributed by atoms with Gasteiger partial charge in [0.15, 0.2) is 0 Å². The number of nitrogens with zero attached hydrogens (tertiary/aromatic N) is 2. The van der Waals surface area contributed by atoms with E-state index in [1.807, 2.05) is 12.1 Å². The number of aromatic nitrogens is 1. The van der Waals surface area contributed by atoms with E-state index in [0.717, 1.165) is 42.6 Å². The van der Waals surface area contributed by atoms with Crippen LogP contribution in [0.15, 0.2) is 24.5 Å². The molecule has 2 fully saturated rings. The SMILES string of the molecule is CC(C(=O)OCCCc1cccnc1)N1C(=O)C2CCCCC2C1=O. The number of ether oxygens (including phenoxy) is 1. The lowest BCUT2D eigenvalue weighted by Crippen LogP contribution is -2.44. The molecule has 1 saturated carbocycles. The zero-order chi connectivity index (χ0) is 17.8. The van der Waals surface area contributed by atoms with E-state index < -0.39 is 12.0 Å². The monoisotopic (exact) mass is 344 g/mol. The molecule has 1 saturated heterocycles. The van der Waals surface area contributed by atoms with E-state index >= 15 is 0 Å². The summed E-state index contributed by atoms with van der Waals surface area (Å²) >= 11 is 0. The molecule has 6 nitrogen and oxygen atoms in total. The summed E-state index contributed by atoms with van der Waals surface area (Å²) in [4.78, 5) is 42.4. The number of esters is 1. The predicted molar refractivity (Wildman–Crippen MR) is 90.3 cm³/mol. The molecule has 3 atom stereocenters. The summed E-state index contributed by atoms with van der Waals surface area (Å²) in [5.74, 6) is -1.38. The number of fused-ring (bicyclic) bond motifs is 1. The van der Waals surface area contributed by atoms with Gasteiger partial charge in [0.1, 0.15) is 6.04 Å². The van der Waals surface area contributed by atoms with E-state index in [0.29, 0.717) is 6.42 Å². The first kappa shape index (κ1) is 17.6. The van der Waals surface area contributed by atoms with Gasteiger partial charge in [-0.1, -0.05) is 18.9 Å². The van der Waals surface area contributed by atoms with Crippen LogP contribution in [-0.2, 0) is 25.5 Å². The highest BCUT2D eigenvalue weighted by Crippen LogP contribution is 2.38. The van der Waals surface area contributed by atoms with Crippen LogP contribution >= 0.6 is 0 Å². The first-order chi connectivity index (χ1) is 12.1. The number of hydrogen-bond acceptors (Lipinski definition) is 5. The molecule has 0 spiro atoms. The fourth-order valence-corrected chi connectivity index (χ4v) is 3.79. The lowest BCUT2D eigenvalue weighted by atomic mass is 9.81. The number of amides is 2. The van der Waals surface area contributed by atoms with Crippen molar-refractivity contribution in [2.45, 2.75) is 51.5 Å². The van der Waals surface area contributed by atoms with E-state index in [4.69, 9.17) is 4.74 Å². The van der Waals surface area contributed by atoms with Crippen molar-refractivity contribution < 1.29 is 19.1 Å². The number of aryl methyl sites for hydroxylation is 1. The molecule has 3 unspecified atom stereocenters. The molecule has 1 aliphatic heterocycles. The zero-order valence-electron chi connectivity index (χ0n) is 14.5. The Balaban J connectivity index is 1.50. The van der Waals surface area contributed by atoms with Gasteiger partial charge in [-0.15, -0.1) is 0 Å². The minimum absolute atomic E-state index is 0.200. The second-order valence-electron chi connectivity index (χ2n) is 6.85. The molecule has 134 valence electrons. The Bertz CT molecular complexity index is 622. The highest BCUT2D eigenvalue weighted by Gasteiger charge is 2.51. The normalized spacial score (nSPS) is 24.1. The molecule has 2 amide bonds. The minimum Gasteiger partial charge on any atom is -0.464 e. The first-order valence-electron chi connectivity index (χ1n) is 9.02. The molecule has 1 aliphatic carbocycles. The molecule has 1 aromatic heterocycles. The minimum atomic E-state index is -0.844. The average molecular weight is 344 g/mol. The second kappa shape index (κ2) is 7.76. The molecule has 2 heterocycles. The van der Waals surface area contributed by atoms with E-state index in [2.05, 4.69) is 4.98 Å². The number of carbonyl (C=O) groups excluding carboxylic acids is 3. The van der Waals surface area contributed by atoms with Crippen molar-refractivity contribution >= 4 is 17.8 Å². The smallest absolute Gasteiger partial charge is 0.329 e.